The first-order valence-corrected chi connectivity index (χ1v) is 12.4. The van der Waals surface area contributed by atoms with Crippen molar-refractivity contribution in [3.63, 3.8) is 0 Å². The minimum Gasteiger partial charge on any atom is -0.484 e. The molecule has 0 aliphatic carbocycles. The Bertz CT molecular complexity index is 1390. The standard InChI is InChI=1S/C31H29N3O3/c1-22-8-7-11-25(18-22)30-28-19-27(37-21-29(35)33-20-26-12-5-6-16-32-26)14-13-23(28)15-17-34(30)31(36)24-9-3-2-4-10-24/h2-14,16,18-19,30H,15,17,20-21H2,1H3,(H,33,35). The smallest absolute Gasteiger partial charge is 0.258 e. The van der Waals surface area contributed by atoms with Gasteiger partial charge in [0, 0.05) is 18.3 Å². The van der Waals surface area contributed by atoms with Crippen LogP contribution in [-0.4, -0.2) is 34.8 Å². The number of carbonyl (C=O) groups excluding carboxylic acids is 2. The Morgan fingerprint density at radius 3 is 2.59 bits per heavy atom. The summed E-state index contributed by atoms with van der Waals surface area (Å²) in [4.78, 5) is 32.1. The first-order chi connectivity index (χ1) is 18.1. The van der Waals surface area contributed by atoms with Gasteiger partial charge in [0.05, 0.1) is 18.3 Å². The lowest BCUT2D eigenvalue weighted by atomic mass is 9.87. The third kappa shape index (κ3) is 5.70. The fourth-order valence-corrected chi connectivity index (χ4v) is 4.74. The molecule has 1 aliphatic rings. The van der Waals surface area contributed by atoms with Crippen LogP contribution in [-0.2, 0) is 17.8 Å². The monoisotopic (exact) mass is 491 g/mol. The minimum atomic E-state index is -0.252. The van der Waals surface area contributed by atoms with Crippen LogP contribution in [0, 0.1) is 6.92 Å². The molecule has 2 heterocycles. The summed E-state index contributed by atoms with van der Waals surface area (Å²) in [5.41, 5.74) is 5.83. The maximum Gasteiger partial charge on any atom is 0.258 e. The third-order valence-corrected chi connectivity index (χ3v) is 6.55. The van der Waals surface area contributed by atoms with E-state index < -0.39 is 0 Å². The van der Waals surface area contributed by atoms with Gasteiger partial charge in [0.1, 0.15) is 5.75 Å². The predicted octanol–water partition coefficient (Wildman–Crippen LogP) is 4.87. The van der Waals surface area contributed by atoms with Gasteiger partial charge in [0.2, 0.25) is 0 Å². The average molecular weight is 492 g/mol. The van der Waals surface area contributed by atoms with E-state index in [0.717, 1.165) is 28.8 Å². The molecule has 6 nitrogen and oxygen atoms in total. The molecular formula is C31H29N3O3. The van der Waals surface area contributed by atoms with E-state index in [0.29, 0.717) is 24.4 Å². The molecule has 1 unspecified atom stereocenters. The molecule has 4 aromatic rings. The summed E-state index contributed by atoms with van der Waals surface area (Å²) < 4.78 is 5.87. The van der Waals surface area contributed by atoms with Crippen molar-refractivity contribution >= 4 is 11.8 Å². The lowest BCUT2D eigenvalue weighted by Crippen LogP contribution is -2.40. The highest BCUT2D eigenvalue weighted by atomic mass is 16.5. The van der Waals surface area contributed by atoms with E-state index in [4.69, 9.17) is 4.74 Å². The number of ether oxygens (including phenoxy) is 1. The molecule has 6 heteroatoms. The molecule has 0 saturated heterocycles. The van der Waals surface area contributed by atoms with Gasteiger partial charge in [-0.3, -0.25) is 14.6 Å². The number of benzene rings is 3. The number of nitrogens with zero attached hydrogens (tertiary/aromatic N) is 2. The lowest BCUT2D eigenvalue weighted by Gasteiger charge is -2.38. The molecule has 1 aromatic heterocycles. The van der Waals surface area contributed by atoms with Crippen LogP contribution in [0.3, 0.4) is 0 Å². The quantitative estimate of drug-likeness (QED) is 0.400. The fraction of sp³-hybridized carbons (Fsp3) is 0.194. The maximum absolute atomic E-state index is 13.6. The van der Waals surface area contributed by atoms with E-state index in [1.54, 1.807) is 6.20 Å². The number of pyridine rings is 1. The van der Waals surface area contributed by atoms with Crippen molar-refractivity contribution in [1.29, 1.82) is 0 Å². The van der Waals surface area contributed by atoms with E-state index in [1.807, 2.05) is 77.7 Å². The summed E-state index contributed by atoms with van der Waals surface area (Å²) in [6.07, 6.45) is 2.45. The van der Waals surface area contributed by atoms with Crippen LogP contribution in [0.4, 0.5) is 0 Å². The van der Waals surface area contributed by atoms with E-state index >= 15 is 0 Å². The zero-order chi connectivity index (χ0) is 25.6. The van der Waals surface area contributed by atoms with Crippen LogP contribution in [0.15, 0.2) is 97.2 Å². The van der Waals surface area contributed by atoms with Crippen molar-refractivity contribution in [2.24, 2.45) is 0 Å². The third-order valence-electron chi connectivity index (χ3n) is 6.55. The summed E-state index contributed by atoms with van der Waals surface area (Å²) in [7, 11) is 0. The maximum atomic E-state index is 13.6. The van der Waals surface area contributed by atoms with Crippen molar-refractivity contribution in [3.8, 4) is 5.75 Å². The second-order valence-corrected chi connectivity index (χ2v) is 9.18. The molecule has 0 bridgehead atoms. The van der Waals surface area contributed by atoms with Crippen LogP contribution in [0.25, 0.3) is 0 Å². The van der Waals surface area contributed by atoms with Crippen LogP contribution in [0.2, 0.25) is 0 Å². The Morgan fingerprint density at radius 2 is 1.81 bits per heavy atom. The fourth-order valence-electron chi connectivity index (χ4n) is 4.74. The topological polar surface area (TPSA) is 71.5 Å². The van der Waals surface area contributed by atoms with Gasteiger partial charge < -0.3 is 15.0 Å². The van der Waals surface area contributed by atoms with Gasteiger partial charge in [0.15, 0.2) is 6.61 Å². The van der Waals surface area contributed by atoms with Crippen molar-refractivity contribution in [2.45, 2.75) is 25.9 Å². The Labute approximate surface area is 216 Å². The van der Waals surface area contributed by atoms with Crippen molar-refractivity contribution in [2.75, 3.05) is 13.2 Å². The van der Waals surface area contributed by atoms with Gasteiger partial charge in [-0.15, -0.1) is 0 Å². The van der Waals surface area contributed by atoms with Gasteiger partial charge in [-0.05, 0) is 66.4 Å². The number of hydrogen-bond donors (Lipinski definition) is 1. The normalized spacial score (nSPS) is 14.5. The van der Waals surface area contributed by atoms with Crippen LogP contribution in [0.5, 0.6) is 5.75 Å². The summed E-state index contributed by atoms with van der Waals surface area (Å²) in [5, 5.41) is 2.83. The first kappa shape index (κ1) is 24.3. The van der Waals surface area contributed by atoms with Crippen molar-refractivity contribution in [3.05, 3.63) is 131 Å². The van der Waals surface area contributed by atoms with Gasteiger partial charge >= 0.3 is 0 Å². The Hall–Kier alpha value is -4.45. The number of nitrogens with one attached hydrogen (secondary N) is 1. The van der Waals surface area contributed by atoms with Gasteiger partial charge in [-0.2, -0.15) is 0 Å². The minimum absolute atomic E-state index is 0.00187. The molecule has 2 amide bonds. The summed E-state index contributed by atoms with van der Waals surface area (Å²) >= 11 is 0. The Balaban J connectivity index is 1.38. The molecule has 37 heavy (non-hydrogen) atoms. The zero-order valence-corrected chi connectivity index (χ0v) is 20.8. The van der Waals surface area contributed by atoms with Crippen molar-refractivity contribution in [1.82, 2.24) is 15.2 Å². The molecule has 0 radical (unpaired) electrons. The molecule has 1 atom stereocenters. The average Bonchev–Trinajstić information content (AvgIpc) is 2.95. The predicted molar refractivity (Wildman–Crippen MR) is 142 cm³/mol. The number of hydrogen-bond acceptors (Lipinski definition) is 4. The number of rotatable bonds is 7. The highest BCUT2D eigenvalue weighted by molar-refractivity contribution is 5.95. The van der Waals surface area contributed by atoms with E-state index in [1.165, 1.54) is 5.56 Å². The van der Waals surface area contributed by atoms with Crippen LogP contribution >= 0.6 is 0 Å². The number of aryl methyl sites for hydroxylation is 1. The SMILES string of the molecule is Cc1cccc(C2c3cc(OCC(=O)NCc4ccccn4)ccc3CCN2C(=O)c2ccccc2)c1. The zero-order valence-electron chi connectivity index (χ0n) is 20.8. The summed E-state index contributed by atoms with van der Waals surface area (Å²) in [5.74, 6) is 0.371. The summed E-state index contributed by atoms with van der Waals surface area (Å²) in [6.45, 7) is 2.92. The molecule has 0 saturated carbocycles. The first-order valence-electron chi connectivity index (χ1n) is 12.4. The molecule has 186 valence electrons. The summed E-state index contributed by atoms with van der Waals surface area (Å²) in [6, 6.07) is 28.9. The molecule has 0 spiro atoms. The Morgan fingerprint density at radius 1 is 0.973 bits per heavy atom. The highest BCUT2D eigenvalue weighted by Gasteiger charge is 2.33. The molecule has 1 aliphatic heterocycles. The highest BCUT2D eigenvalue weighted by Crippen LogP contribution is 2.38. The largest absolute Gasteiger partial charge is 0.484 e. The van der Waals surface area contributed by atoms with E-state index in [-0.39, 0.29) is 24.5 Å². The van der Waals surface area contributed by atoms with E-state index in [2.05, 4.69) is 35.4 Å². The van der Waals surface area contributed by atoms with Crippen LogP contribution in [0.1, 0.15) is 44.3 Å². The molecule has 0 fully saturated rings. The van der Waals surface area contributed by atoms with Gasteiger partial charge in [0.25, 0.3) is 11.8 Å². The molecular weight excluding hydrogens is 462 g/mol. The van der Waals surface area contributed by atoms with E-state index in [9.17, 15) is 9.59 Å². The lowest BCUT2D eigenvalue weighted by molar-refractivity contribution is -0.123. The number of aromatic nitrogens is 1. The van der Waals surface area contributed by atoms with Crippen LogP contribution < -0.4 is 10.1 Å². The number of amides is 2. The molecule has 1 N–H and O–H groups in total. The van der Waals surface area contributed by atoms with Gasteiger partial charge in [-0.1, -0.05) is 60.2 Å². The number of carbonyl (C=O) groups is 2. The number of fused-ring (bicyclic) bond motifs is 1. The second kappa shape index (κ2) is 11.1. The molecule has 3 aromatic carbocycles. The second-order valence-electron chi connectivity index (χ2n) is 9.18. The van der Waals surface area contributed by atoms with Crippen molar-refractivity contribution < 1.29 is 14.3 Å². The molecule has 5 rings (SSSR count). The van der Waals surface area contributed by atoms with Gasteiger partial charge in [-0.25, -0.2) is 0 Å². The Kier molecular flexibility index (Phi) is 7.26.